The molecule has 0 aliphatic carbocycles. The van der Waals surface area contributed by atoms with Crippen molar-refractivity contribution < 1.29 is 4.79 Å². The minimum absolute atomic E-state index is 0.0571. The summed E-state index contributed by atoms with van der Waals surface area (Å²) in [5.74, 6) is 0.0571. The number of thiophene rings is 1. The molecule has 0 aliphatic heterocycles. The Kier molecular flexibility index (Phi) is 3.13. The van der Waals surface area contributed by atoms with Gasteiger partial charge in [0.25, 0.3) is 0 Å². The lowest BCUT2D eigenvalue weighted by Gasteiger charge is -2.01. The van der Waals surface area contributed by atoms with Crippen molar-refractivity contribution >= 4 is 50.6 Å². The summed E-state index contributed by atoms with van der Waals surface area (Å²) in [6.45, 7) is 0. The lowest BCUT2D eigenvalue weighted by molar-refractivity contribution is 0.103. The van der Waals surface area contributed by atoms with Crippen molar-refractivity contribution in [2.75, 3.05) is 0 Å². The number of nitrogens with zero attached hydrogens (tertiary/aromatic N) is 1. The van der Waals surface area contributed by atoms with Gasteiger partial charge in [-0.1, -0.05) is 18.2 Å². The fourth-order valence-corrected chi connectivity index (χ4v) is 3.13. The molecular weight excluding hydrogens is 357 g/mol. The van der Waals surface area contributed by atoms with Gasteiger partial charge in [0.15, 0.2) is 5.78 Å². The van der Waals surface area contributed by atoms with E-state index < -0.39 is 0 Å². The van der Waals surface area contributed by atoms with Crippen LogP contribution in [0.1, 0.15) is 15.9 Å². The minimum Gasteiger partial charge on any atom is -0.289 e. The van der Waals surface area contributed by atoms with E-state index in [0.717, 1.165) is 19.4 Å². The average Bonchev–Trinajstić information content (AvgIpc) is 2.84. The first-order valence-corrected chi connectivity index (χ1v) is 7.33. The van der Waals surface area contributed by atoms with E-state index in [4.69, 9.17) is 0 Å². The smallest absolute Gasteiger partial charge is 0.193 e. The van der Waals surface area contributed by atoms with Gasteiger partial charge in [0.2, 0.25) is 0 Å². The van der Waals surface area contributed by atoms with E-state index in [1.165, 1.54) is 0 Å². The Morgan fingerprint density at radius 3 is 2.83 bits per heavy atom. The van der Waals surface area contributed by atoms with E-state index in [1.807, 2.05) is 41.8 Å². The molecule has 1 aromatic carbocycles. The fraction of sp³-hybridized carbons (Fsp3) is 0. The highest BCUT2D eigenvalue weighted by Crippen LogP contribution is 2.21. The number of aromatic nitrogens is 1. The van der Waals surface area contributed by atoms with E-state index in [2.05, 4.69) is 27.6 Å². The van der Waals surface area contributed by atoms with Crippen LogP contribution in [0.2, 0.25) is 0 Å². The molecule has 18 heavy (non-hydrogen) atoms. The number of benzene rings is 1. The molecule has 0 spiro atoms. The molecule has 0 fully saturated rings. The minimum atomic E-state index is 0.0571. The summed E-state index contributed by atoms with van der Waals surface area (Å²) >= 11 is 3.80. The van der Waals surface area contributed by atoms with Crippen molar-refractivity contribution in [3.63, 3.8) is 0 Å². The Hall–Kier alpha value is -1.27. The van der Waals surface area contributed by atoms with Crippen molar-refractivity contribution in [2.45, 2.75) is 0 Å². The lowest BCUT2D eigenvalue weighted by Crippen LogP contribution is -1.99. The molecular formula is C14H8INOS. The summed E-state index contributed by atoms with van der Waals surface area (Å²) in [6.07, 6.45) is 1.74. The van der Waals surface area contributed by atoms with E-state index in [-0.39, 0.29) is 5.78 Å². The molecule has 0 saturated heterocycles. The van der Waals surface area contributed by atoms with Crippen LogP contribution in [0, 0.1) is 2.88 Å². The molecule has 2 aromatic heterocycles. The van der Waals surface area contributed by atoms with Crippen molar-refractivity contribution in [2.24, 2.45) is 0 Å². The second-order valence-electron chi connectivity index (χ2n) is 3.88. The summed E-state index contributed by atoms with van der Waals surface area (Å²) in [5, 5.41) is 2.95. The molecule has 4 heteroatoms. The highest BCUT2D eigenvalue weighted by Gasteiger charge is 2.11. The highest BCUT2D eigenvalue weighted by atomic mass is 127. The number of halogens is 1. The van der Waals surface area contributed by atoms with Crippen molar-refractivity contribution in [3.05, 3.63) is 62.0 Å². The van der Waals surface area contributed by atoms with Crippen LogP contribution in [0.4, 0.5) is 0 Å². The molecule has 2 nitrogen and oxygen atoms in total. The predicted octanol–water partition coefficient (Wildman–Crippen LogP) is 4.13. The van der Waals surface area contributed by atoms with E-state index in [9.17, 15) is 4.79 Å². The summed E-state index contributed by atoms with van der Waals surface area (Å²) in [7, 11) is 0. The van der Waals surface area contributed by atoms with E-state index in [0.29, 0.717) is 5.56 Å². The largest absolute Gasteiger partial charge is 0.289 e. The number of rotatable bonds is 2. The van der Waals surface area contributed by atoms with Crippen LogP contribution in [0.5, 0.6) is 0 Å². The zero-order valence-electron chi connectivity index (χ0n) is 9.26. The van der Waals surface area contributed by atoms with E-state index in [1.54, 1.807) is 17.5 Å². The van der Waals surface area contributed by atoms with Gasteiger partial charge < -0.3 is 0 Å². The molecule has 0 radical (unpaired) electrons. The van der Waals surface area contributed by atoms with Crippen LogP contribution < -0.4 is 0 Å². The molecule has 0 aliphatic rings. The lowest BCUT2D eigenvalue weighted by atomic mass is 10.0. The standard InChI is InChI=1S/C14H8INOS/c15-13-7-11(8-18-13)14(17)10-4-3-9-2-1-5-16-12(9)6-10/h1-8H. The zero-order valence-corrected chi connectivity index (χ0v) is 12.2. The third-order valence-electron chi connectivity index (χ3n) is 2.70. The van der Waals surface area contributed by atoms with Gasteiger partial charge in [-0.05, 0) is 40.8 Å². The normalized spacial score (nSPS) is 10.7. The number of hydrogen-bond donors (Lipinski definition) is 0. The maximum atomic E-state index is 12.3. The molecule has 0 saturated carbocycles. The molecule has 3 rings (SSSR count). The van der Waals surface area contributed by atoms with Crippen LogP contribution in [-0.2, 0) is 0 Å². The van der Waals surface area contributed by atoms with Gasteiger partial charge in [-0.25, -0.2) is 0 Å². The van der Waals surface area contributed by atoms with Crippen LogP contribution in [-0.4, -0.2) is 10.8 Å². The first-order valence-electron chi connectivity index (χ1n) is 5.37. The second kappa shape index (κ2) is 4.78. The fourth-order valence-electron chi connectivity index (χ4n) is 1.80. The number of pyridine rings is 1. The predicted molar refractivity (Wildman–Crippen MR) is 82.2 cm³/mol. The van der Waals surface area contributed by atoms with Crippen molar-refractivity contribution in [1.29, 1.82) is 0 Å². The van der Waals surface area contributed by atoms with Gasteiger partial charge in [0, 0.05) is 28.1 Å². The Morgan fingerprint density at radius 1 is 1.17 bits per heavy atom. The quantitative estimate of drug-likeness (QED) is 0.505. The summed E-state index contributed by atoms with van der Waals surface area (Å²) in [5.41, 5.74) is 2.29. The molecule has 0 bridgehead atoms. The van der Waals surface area contributed by atoms with Crippen LogP contribution in [0.25, 0.3) is 10.9 Å². The monoisotopic (exact) mass is 365 g/mol. The SMILES string of the molecule is O=C(c1csc(I)c1)c1ccc2cccnc2c1. The molecule has 0 amide bonds. The maximum absolute atomic E-state index is 12.3. The van der Waals surface area contributed by atoms with Gasteiger partial charge >= 0.3 is 0 Å². The van der Waals surface area contributed by atoms with Crippen LogP contribution >= 0.6 is 33.9 Å². The molecule has 2 heterocycles. The number of carbonyl (C=O) groups is 1. The number of ketones is 1. The highest BCUT2D eigenvalue weighted by molar-refractivity contribution is 14.1. The van der Waals surface area contributed by atoms with Gasteiger partial charge in [-0.2, -0.15) is 0 Å². The molecule has 0 unspecified atom stereocenters. The summed E-state index contributed by atoms with van der Waals surface area (Å²) < 4.78 is 1.12. The van der Waals surface area contributed by atoms with E-state index >= 15 is 0 Å². The van der Waals surface area contributed by atoms with Gasteiger partial charge in [0.1, 0.15) is 0 Å². The molecule has 88 valence electrons. The van der Waals surface area contributed by atoms with Gasteiger partial charge in [-0.15, -0.1) is 11.3 Å². The second-order valence-corrected chi connectivity index (χ2v) is 6.68. The third kappa shape index (κ3) is 2.18. The van der Waals surface area contributed by atoms with Gasteiger partial charge in [-0.3, -0.25) is 9.78 Å². The first-order chi connectivity index (χ1) is 8.74. The Morgan fingerprint density at radius 2 is 2.06 bits per heavy atom. The Balaban J connectivity index is 2.06. The van der Waals surface area contributed by atoms with Crippen molar-refractivity contribution in [1.82, 2.24) is 4.98 Å². The number of fused-ring (bicyclic) bond motifs is 1. The average molecular weight is 365 g/mol. The third-order valence-corrected chi connectivity index (χ3v) is 4.49. The van der Waals surface area contributed by atoms with Crippen LogP contribution in [0.15, 0.2) is 48.0 Å². The molecule has 0 N–H and O–H groups in total. The zero-order chi connectivity index (χ0) is 12.5. The number of hydrogen-bond acceptors (Lipinski definition) is 3. The molecule has 0 atom stereocenters. The molecule has 3 aromatic rings. The van der Waals surface area contributed by atoms with Gasteiger partial charge in [0.05, 0.1) is 8.40 Å². The maximum Gasteiger partial charge on any atom is 0.193 e. The van der Waals surface area contributed by atoms with Crippen LogP contribution in [0.3, 0.4) is 0 Å². The topological polar surface area (TPSA) is 30.0 Å². The summed E-state index contributed by atoms with van der Waals surface area (Å²) in [4.78, 5) is 16.6. The Labute approximate surface area is 122 Å². The Bertz CT molecular complexity index is 735. The van der Waals surface area contributed by atoms with Crippen molar-refractivity contribution in [3.8, 4) is 0 Å². The first kappa shape index (κ1) is 11.8. The summed E-state index contributed by atoms with van der Waals surface area (Å²) in [6, 6.07) is 11.4. The number of carbonyl (C=O) groups excluding carboxylic acids is 1.